The average Bonchev–Trinajstić information content (AvgIpc) is 3.32. The summed E-state index contributed by atoms with van der Waals surface area (Å²) in [7, 11) is 0. The SMILES string of the molecule is CC(C)(O)C1CC(NC(=O)c2cnc3cc(C4CC4)ncc3c2)C1. The van der Waals surface area contributed by atoms with Gasteiger partial charge in [0.15, 0.2) is 0 Å². The number of nitrogens with one attached hydrogen (secondary N) is 1. The van der Waals surface area contributed by atoms with Crippen LogP contribution >= 0.6 is 0 Å². The van der Waals surface area contributed by atoms with Crippen molar-refractivity contribution in [3.05, 3.63) is 35.8 Å². The minimum atomic E-state index is -0.670. The van der Waals surface area contributed by atoms with Gasteiger partial charge < -0.3 is 10.4 Å². The molecule has 5 nitrogen and oxygen atoms in total. The molecule has 2 aliphatic carbocycles. The maximum atomic E-state index is 12.4. The molecule has 2 aromatic heterocycles. The normalized spacial score (nSPS) is 23.8. The Morgan fingerprint density at radius 3 is 2.62 bits per heavy atom. The third kappa shape index (κ3) is 3.00. The Morgan fingerprint density at radius 1 is 1.21 bits per heavy atom. The highest BCUT2D eigenvalue weighted by molar-refractivity contribution is 5.97. The van der Waals surface area contributed by atoms with Gasteiger partial charge in [-0.15, -0.1) is 0 Å². The highest BCUT2D eigenvalue weighted by Crippen LogP contribution is 2.39. The van der Waals surface area contributed by atoms with Crippen LogP contribution in [0.5, 0.6) is 0 Å². The topological polar surface area (TPSA) is 75.1 Å². The maximum absolute atomic E-state index is 12.4. The zero-order valence-electron chi connectivity index (χ0n) is 14.1. The van der Waals surface area contributed by atoms with Crippen molar-refractivity contribution in [1.29, 1.82) is 0 Å². The van der Waals surface area contributed by atoms with Crippen LogP contribution in [0.25, 0.3) is 10.9 Å². The molecule has 0 atom stereocenters. The fraction of sp³-hybridized carbons (Fsp3) is 0.526. The van der Waals surface area contributed by atoms with Crippen molar-refractivity contribution < 1.29 is 9.90 Å². The fourth-order valence-corrected chi connectivity index (χ4v) is 3.35. The molecule has 5 heteroatoms. The number of fused-ring (bicyclic) bond motifs is 1. The van der Waals surface area contributed by atoms with Crippen molar-refractivity contribution in [2.45, 2.75) is 57.1 Å². The van der Waals surface area contributed by atoms with Crippen LogP contribution in [0.2, 0.25) is 0 Å². The van der Waals surface area contributed by atoms with Crippen molar-refractivity contribution in [2.75, 3.05) is 0 Å². The Morgan fingerprint density at radius 2 is 1.96 bits per heavy atom. The lowest BCUT2D eigenvalue weighted by Crippen LogP contribution is -2.50. The largest absolute Gasteiger partial charge is 0.390 e. The number of amides is 1. The number of aromatic nitrogens is 2. The van der Waals surface area contributed by atoms with Crippen molar-refractivity contribution in [3.63, 3.8) is 0 Å². The van der Waals surface area contributed by atoms with Crippen molar-refractivity contribution in [3.8, 4) is 0 Å². The summed E-state index contributed by atoms with van der Waals surface area (Å²) >= 11 is 0. The van der Waals surface area contributed by atoms with Crippen LogP contribution in [0.3, 0.4) is 0 Å². The lowest BCUT2D eigenvalue weighted by atomic mass is 9.71. The number of carbonyl (C=O) groups excluding carboxylic acids is 1. The van der Waals surface area contributed by atoms with E-state index in [1.807, 2.05) is 32.2 Å². The van der Waals surface area contributed by atoms with Gasteiger partial charge in [0.1, 0.15) is 0 Å². The Hall–Kier alpha value is -2.01. The fourth-order valence-electron chi connectivity index (χ4n) is 3.35. The second-order valence-electron chi connectivity index (χ2n) is 7.79. The molecule has 2 fully saturated rings. The molecule has 0 aromatic carbocycles. The molecule has 2 saturated carbocycles. The van der Waals surface area contributed by atoms with E-state index in [4.69, 9.17) is 0 Å². The first kappa shape index (κ1) is 15.5. The van der Waals surface area contributed by atoms with E-state index in [1.54, 1.807) is 6.20 Å². The van der Waals surface area contributed by atoms with Crippen molar-refractivity contribution in [1.82, 2.24) is 15.3 Å². The third-order valence-corrected chi connectivity index (χ3v) is 5.32. The van der Waals surface area contributed by atoms with E-state index in [9.17, 15) is 9.90 Å². The van der Waals surface area contributed by atoms with E-state index in [1.165, 1.54) is 12.8 Å². The van der Waals surface area contributed by atoms with Gasteiger partial charge in [-0.3, -0.25) is 14.8 Å². The van der Waals surface area contributed by atoms with Crippen LogP contribution in [0.4, 0.5) is 0 Å². The van der Waals surface area contributed by atoms with Gasteiger partial charge in [-0.1, -0.05) is 0 Å². The lowest BCUT2D eigenvalue weighted by Gasteiger charge is -2.42. The summed E-state index contributed by atoms with van der Waals surface area (Å²) in [5, 5.41) is 13.9. The number of aliphatic hydroxyl groups is 1. The molecule has 24 heavy (non-hydrogen) atoms. The monoisotopic (exact) mass is 325 g/mol. The summed E-state index contributed by atoms with van der Waals surface area (Å²) < 4.78 is 0. The van der Waals surface area contributed by atoms with Gasteiger partial charge in [0.2, 0.25) is 0 Å². The van der Waals surface area contributed by atoms with Gasteiger partial charge in [0, 0.05) is 35.4 Å². The Kier molecular flexibility index (Phi) is 3.57. The van der Waals surface area contributed by atoms with E-state index in [0.717, 1.165) is 29.4 Å². The lowest BCUT2D eigenvalue weighted by molar-refractivity contribution is -0.0309. The average molecular weight is 325 g/mol. The molecule has 0 radical (unpaired) electrons. The number of nitrogens with zero attached hydrogens (tertiary/aromatic N) is 2. The molecule has 1 amide bonds. The van der Waals surface area contributed by atoms with Gasteiger partial charge in [0.05, 0.1) is 16.7 Å². The van der Waals surface area contributed by atoms with Gasteiger partial charge in [-0.2, -0.15) is 0 Å². The molecule has 126 valence electrons. The van der Waals surface area contributed by atoms with Gasteiger partial charge in [0.25, 0.3) is 5.91 Å². The molecule has 2 aromatic rings. The van der Waals surface area contributed by atoms with Gasteiger partial charge >= 0.3 is 0 Å². The summed E-state index contributed by atoms with van der Waals surface area (Å²) in [4.78, 5) is 21.3. The molecule has 2 aliphatic rings. The number of pyridine rings is 2. The number of hydrogen-bond donors (Lipinski definition) is 2. The van der Waals surface area contributed by atoms with E-state index < -0.39 is 5.60 Å². The predicted octanol–water partition coefficient (Wildman–Crippen LogP) is 2.79. The molecule has 2 N–H and O–H groups in total. The van der Waals surface area contributed by atoms with E-state index in [2.05, 4.69) is 15.3 Å². The summed E-state index contributed by atoms with van der Waals surface area (Å²) in [5.74, 6) is 0.749. The molecular formula is C19H23N3O2. The van der Waals surface area contributed by atoms with Crippen LogP contribution in [0.1, 0.15) is 61.5 Å². The molecule has 2 heterocycles. The first-order chi connectivity index (χ1) is 11.4. The maximum Gasteiger partial charge on any atom is 0.253 e. The minimum Gasteiger partial charge on any atom is -0.390 e. The summed E-state index contributed by atoms with van der Waals surface area (Å²) in [6.45, 7) is 3.65. The molecule has 0 bridgehead atoms. The van der Waals surface area contributed by atoms with Gasteiger partial charge in [-0.05, 0) is 57.6 Å². The predicted molar refractivity (Wildman–Crippen MR) is 91.8 cm³/mol. The van der Waals surface area contributed by atoms with Crippen LogP contribution in [0.15, 0.2) is 24.5 Å². The standard InChI is InChI=1S/C19H23N3O2/c1-19(2,24)14-6-15(7-14)22-18(23)13-5-12-9-20-16(11-3-4-11)8-17(12)21-10-13/h5,8-11,14-15,24H,3-4,6-7H2,1-2H3,(H,22,23). The summed E-state index contributed by atoms with van der Waals surface area (Å²) in [6.07, 6.45) is 7.53. The molecule has 0 saturated heterocycles. The highest BCUT2D eigenvalue weighted by Gasteiger charge is 2.39. The second-order valence-corrected chi connectivity index (χ2v) is 7.79. The Balaban J connectivity index is 1.44. The molecule has 0 spiro atoms. The molecule has 0 unspecified atom stereocenters. The summed E-state index contributed by atoms with van der Waals surface area (Å²) in [6, 6.07) is 4.03. The third-order valence-electron chi connectivity index (χ3n) is 5.32. The Labute approximate surface area is 141 Å². The zero-order chi connectivity index (χ0) is 16.9. The van der Waals surface area contributed by atoms with E-state index in [0.29, 0.717) is 11.5 Å². The smallest absolute Gasteiger partial charge is 0.253 e. The van der Waals surface area contributed by atoms with E-state index in [-0.39, 0.29) is 17.9 Å². The first-order valence-electron chi connectivity index (χ1n) is 8.69. The highest BCUT2D eigenvalue weighted by atomic mass is 16.3. The second kappa shape index (κ2) is 5.52. The van der Waals surface area contributed by atoms with Crippen LogP contribution < -0.4 is 5.32 Å². The van der Waals surface area contributed by atoms with Gasteiger partial charge in [-0.25, -0.2) is 0 Å². The molecule has 0 aliphatic heterocycles. The molecule has 4 rings (SSSR count). The first-order valence-corrected chi connectivity index (χ1v) is 8.69. The van der Waals surface area contributed by atoms with Crippen molar-refractivity contribution >= 4 is 16.8 Å². The van der Waals surface area contributed by atoms with Crippen molar-refractivity contribution in [2.24, 2.45) is 5.92 Å². The van der Waals surface area contributed by atoms with Crippen LogP contribution in [0, 0.1) is 5.92 Å². The Bertz CT molecular complexity index is 787. The minimum absolute atomic E-state index is 0.102. The summed E-state index contributed by atoms with van der Waals surface area (Å²) in [5.41, 5.74) is 1.90. The number of hydrogen-bond acceptors (Lipinski definition) is 4. The zero-order valence-corrected chi connectivity index (χ0v) is 14.1. The molecular weight excluding hydrogens is 302 g/mol. The quantitative estimate of drug-likeness (QED) is 0.906. The van der Waals surface area contributed by atoms with Crippen LogP contribution in [-0.4, -0.2) is 32.6 Å². The van der Waals surface area contributed by atoms with E-state index >= 15 is 0 Å². The number of carbonyl (C=O) groups is 1. The number of rotatable bonds is 4. The van der Waals surface area contributed by atoms with Crippen LogP contribution in [-0.2, 0) is 0 Å².